The van der Waals surface area contributed by atoms with Crippen LogP contribution < -0.4 is 0 Å². The number of ether oxygens (including phenoxy) is 1. The third kappa shape index (κ3) is 4.24. The van der Waals surface area contributed by atoms with Gasteiger partial charge in [0.1, 0.15) is 0 Å². The number of carbonyl (C=O) groups is 1. The first-order valence-corrected chi connectivity index (χ1v) is 9.13. The minimum Gasteiger partial charge on any atom is -0.391 e. The number of hydrogen-bond donors (Lipinski definition) is 1. The van der Waals surface area contributed by atoms with Crippen LogP contribution in [0.2, 0.25) is 0 Å². The number of nitrogens with zero attached hydrogens (tertiary/aromatic N) is 2. The van der Waals surface area contributed by atoms with Crippen LogP contribution in [-0.2, 0) is 9.53 Å². The normalized spacial score (nSPS) is 33.2. The first-order chi connectivity index (χ1) is 11.5. The SMILES string of the molecule is O=C(C1CCC(F)(F)CC1)N1CC[C@H](O)[C@@H](N2CCOCC2)CC1. The lowest BCUT2D eigenvalue weighted by molar-refractivity contribution is -0.139. The zero-order valence-corrected chi connectivity index (χ0v) is 14.1. The van der Waals surface area contributed by atoms with Crippen molar-refractivity contribution in [2.45, 2.75) is 56.6 Å². The maximum absolute atomic E-state index is 13.3. The zero-order valence-electron chi connectivity index (χ0n) is 14.1. The minimum atomic E-state index is -2.60. The fraction of sp³-hybridized carbons (Fsp3) is 0.941. The second-order valence-corrected chi connectivity index (χ2v) is 7.32. The fourth-order valence-corrected chi connectivity index (χ4v) is 4.17. The number of halogens is 2. The van der Waals surface area contributed by atoms with Crippen LogP contribution in [0.5, 0.6) is 0 Å². The Labute approximate surface area is 141 Å². The largest absolute Gasteiger partial charge is 0.391 e. The summed E-state index contributed by atoms with van der Waals surface area (Å²) in [4.78, 5) is 16.7. The Kier molecular flexibility index (Phi) is 5.72. The van der Waals surface area contributed by atoms with E-state index in [9.17, 15) is 18.7 Å². The summed E-state index contributed by atoms with van der Waals surface area (Å²) in [6.07, 6.45) is 1.02. The number of alkyl halides is 2. The Morgan fingerprint density at radius 1 is 1.00 bits per heavy atom. The Morgan fingerprint density at radius 2 is 1.62 bits per heavy atom. The van der Waals surface area contributed by atoms with Gasteiger partial charge in [-0.15, -0.1) is 0 Å². The lowest BCUT2D eigenvalue weighted by Crippen LogP contribution is -2.49. The third-order valence-electron chi connectivity index (χ3n) is 5.73. The fourth-order valence-electron chi connectivity index (χ4n) is 4.17. The van der Waals surface area contributed by atoms with Crippen LogP contribution in [-0.4, -0.2) is 78.3 Å². The Hall–Kier alpha value is -0.790. The van der Waals surface area contributed by atoms with Crippen molar-refractivity contribution in [1.29, 1.82) is 0 Å². The molecule has 1 aliphatic carbocycles. The molecule has 3 fully saturated rings. The van der Waals surface area contributed by atoms with E-state index < -0.39 is 12.0 Å². The van der Waals surface area contributed by atoms with Crippen LogP contribution in [0.4, 0.5) is 8.78 Å². The van der Waals surface area contributed by atoms with Gasteiger partial charge >= 0.3 is 0 Å². The number of aliphatic hydroxyl groups excluding tert-OH is 1. The lowest BCUT2D eigenvalue weighted by Gasteiger charge is -2.36. The number of morpholine rings is 1. The van der Waals surface area contributed by atoms with E-state index in [1.165, 1.54) is 0 Å². The highest BCUT2D eigenvalue weighted by molar-refractivity contribution is 5.79. The molecule has 1 amide bonds. The van der Waals surface area contributed by atoms with Crippen LogP contribution >= 0.6 is 0 Å². The van der Waals surface area contributed by atoms with Crippen molar-refractivity contribution in [3.8, 4) is 0 Å². The van der Waals surface area contributed by atoms with E-state index in [-0.39, 0.29) is 43.6 Å². The summed E-state index contributed by atoms with van der Waals surface area (Å²) in [6, 6.07) is 0.0578. The Balaban J connectivity index is 1.55. The van der Waals surface area contributed by atoms with Crippen molar-refractivity contribution in [1.82, 2.24) is 9.80 Å². The number of carbonyl (C=O) groups excluding carboxylic acids is 1. The molecule has 0 unspecified atom stereocenters. The highest BCUT2D eigenvalue weighted by Gasteiger charge is 2.39. The molecule has 5 nitrogen and oxygen atoms in total. The van der Waals surface area contributed by atoms with Gasteiger partial charge < -0.3 is 14.7 Å². The predicted molar refractivity (Wildman–Crippen MR) is 84.9 cm³/mol. The summed E-state index contributed by atoms with van der Waals surface area (Å²) in [5, 5.41) is 10.5. The number of likely N-dealkylation sites (tertiary alicyclic amines) is 1. The number of aliphatic hydroxyl groups is 1. The van der Waals surface area contributed by atoms with Crippen molar-refractivity contribution in [3.05, 3.63) is 0 Å². The molecule has 24 heavy (non-hydrogen) atoms. The van der Waals surface area contributed by atoms with E-state index in [4.69, 9.17) is 4.74 Å². The van der Waals surface area contributed by atoms with Crippen molar-refractivity contribution < 1.29 is 23.4 Å². The highest BCUT2D eigenvalue weighted by atomic mass is 19.3. The molecule has 7 heteroatoms. The molecule has 0 aromatic rings. The summed E-state index contributed by atoms with van der Waals surface area (Å²) < 4.78 is 31.9. The summed E-state index contributed by atoms with van der Waals surface area (Å²) in [5.74, 6) is -2.88. The molecule has 138 valence electrons. The number of hydrogen-bond acceptors (Lipinski definition) is 4. The van der Waals surface area contributed by atoms with Gasteiger partial charge in [-0.1, -0.05) is 0 Å². The quantitative estimate of drug-likeness (QED) is 0.823. The highest BCUT2D eigenvalue weighted by Crippen LogP contribution is 2.37. The molecule has 2 heterocycles. The van der Waals surface area contributed by atoms with E-state index in [0.29, 0.717) is 32.7 Å². The van der Waals surface area contributed by atoms with Gasteiger partial charge in [-0.2, -0.15) is 0 Å². The summed E-state index contributed by atoms with van der Waals surface area (Å²) in [6.45, 7) is 4.11. The van der Waals surface area contributed by atoms with Gasteiger partial charge in [0, 0.05) is 51.0 Å². The van der Waals surface area contributed by atoms with Crippen LogP contribution in [0.25, 0.3) is 0 Å². The van der Waals surface area contributed by atoms with Crippen LogP contribution in [0.15, 0.2) is 0 Å². The molecule has 3 aliphatic rings. The first-order valence-electron chi connectivity index (χ1n) is 9.13. The summed E-state index contributed by atoms with van der Waals surface area (Å²) >= 11 is 0. The van der Waals surface area contributed by atoms with Crippen LogP contribution in [0.3, 0.4) is 0 Å². The van der Waals surface area contributed by atoms with Crippen LogP contribution in [0, 0.1) is 5.92 Å². The number of rotatable bonds is 2. The van der Waals surface area contributed by atoms with Gasteiger partial charge in [-0.3, -0.25) is 9.69 Å². The maximum Gasteiger partial charge on any atom is 0.248 e. The molecule has 0 bridgehead atoms. The van der Waals surface area contributed by atoms with Gasteiger partial charge in [0.25, 0.3) is 0 Å². The van der Waals surface area contributed by atoms with Crippen molar-refractivity contribution >= 4 is 5.91 Å². The van der Waals surface area contributed by atoms with E-state index in [1.807, 2.05) is 0 Å². The predicted octanol–water partition coefficient (Wildman–Crippen LogP) is 1.50. The van der Waals surface area contributed by atoms with Crippen molar-refractivity contribution in [2.75, 3.05) is 39.4 Å². The Bertz CT molecular complexity index is 434. The van der Waals surface area contributed by atoms with Gasteiger partial charge in [-0.05, 0) is 25.7 Å². The topological polar surface area (TPSA) is 53.0 Å². The van der Waals surface area contributed by atoms with Gasteiger partial charge in [0.2, 0.25) is 11.8 Å². The average molecular weight is 346 g/mol. The standard InChI is InChI=1S/C17H28F2N2O3/c18-17(19)5-1-13(2-6-17)16(23)21-7-3-14(15(22)4-8-21)20-9-11-24-12-10-20/h13-15,22H,1-12H2/t14-,15-/m0/s1. The molecule has 3 rings (SSSR count). The molecule has 2 aliphatic heterocycles. The molecule has 0 radical (unpaired) electrons. The van der Waals surface area contributed by atoms with Gasteiger partial charge in [0.15, 0.2) is 0 Å². The molecule has 0 aromatic heterocycles. The van der Waals surface area contributed by atoms with E-state index >= 15 is 0 Å². The molecule has 1 saturated carbocycles. The average Bonchev–Trinajstić information content (AvgIpc) is 2.77. The van der Waals surface area contributed by atoms with E-state index in [0.717, 1.165) is 19.5 Å². The molecule has 1 N–H and O–H groups in total. The van der Waals surface area contributed by atoms with Gasteiger partial charge in [0.05, 0.1) is 19.3 Å². The van der Waals surface area contributed by atoms with Crippen molar-refractivity contribution in [2.24, 2.45) is 5.92 Å². The monoisotopic (exact) mass is 346 g/mol. The van der Waals surface area contributed by atoms with Crippen LogP contribution in [0.1, 0.15) is 38.5 Å². The first kappa shape index (κ1) is 18.0. The molecule has 2 atom stereocenters. The minimum absolute atomic E-state index is 0.000303. The molecular formula is C17H28F2N2O3. The van der Waals surface area contributed by atoms with E-state index in [2.05, 4.69) is 4.90 Å². The summed E-state index contributed by atoms with van der Waals surface area (Å²) in [7, 11) is 0. The second-order valence-electron chi connectivity index (χ2n) is 7.32. The van der Waals surface area contributed by atoms with Gasteiger partial charge in [-0.25, -0.2) is 8.78 Å². The molecular weight excluding hydrogens is 318 g/mol. The summed E-state index contributed by atoms with van der Waals surface area (Å²) in [5.41, 5.74) is 0. The molecule has 2 saturated heterocycles. The number of amides is 1. The molecule has 0 spiro atoms. The zero-order chi connectivity index (χ0) is 17.2. The third-order valence-corrected chi connectivity index (χ3v) is 5.73. The Morgan fingerprint density at radius 3 is 2.29 bits per heavy atom. The van der Waals surface area contributed by atoms with E-state index in [1.54, 1.807) is 4.90 Å². The second kappa shape index (κ2) is 7.62. The molecule has 0 aromatic carbocycles. The lowest BCUT2D eigenvalue weighted by atomic mass is 9.86. The van der Waals surface area contributed by atoms with Crippen molar-refractivity contribution in [3.63, 3.8) is 0 Å². The smallest absolute Gasteiger partial charge is 0.248 e. The maximum atomic E-state index is 13.3.